The molecule has 3 aliphatic rings. The number of nitrogens with one attached hydrogen (secondary N) is 1. The molecule has 3 atom stereocenters. The minimum Gasteiger partial charge on any atom is -0.508 e. The highest BCUT2D eigenvalue weighted by Gasteiger charge is 2.31. The van der Waals surface area contributed by atoms with Crippen molar-refractivity contribution in [3.05, 3.63) is 60.6 Å². The van der Waals surface area contributed by atoms with Gasteiger partial charge in [-0.25, -0.2) is 4.39 Å². The number of phenols is 1. The number of ether oxygens (including phenoxy) is 1. The van der Waals surface area contributed by atoms with Crippen molar-refractivity contribution in [1.29, 1.82) is 0 Å². The Kier molecular flexibility index (Phi) is 5.63. The number of nitrogens with zero attached hydrogens (tertiary/aromatic N) is 5. The lowest BCUT2D eigenvalue weighted by atomic mass is 10.00. The van der Waals surface area contributed by atoms with Crippen LogP contribution in [-0.2, 0) is 0 Å². The van der Waals surface area contributed by atoms with Gasteiger partial charge in [-0.3, -0.25) is 4.98 Å². The van der Waals surface area contributed by atoms with Gasteiger partial charge in [0.25, 0.3) is 0 Å². The first-order valence-corrected chi connectivity index (χ1v) is 13.1. The van der Waals surface area contributed by atoms with Crippen molar-refractivity contribution in [2.24, 2.45) is 0 Å². The zero-order chi connectivity index (χ0) is 25.8. The monoisotopic (exact) mass is 512 g/mol. The Morgan fingerprint density at radius 2 is 1.92 bits per heavy atom. The zero-order valence-electron chi connectivity index (χ0n) is 21.1. The third-order valence-corrected chi connectivity index (χ3v) is 7.96. The molecule has 9 heteroatoms. The number of aromatic nitrogens is 3. The first kappa shape index (κ1) is 23.3. The summed E-state index contributed by atoms with van der Waals surface area (Å²) < 4.78 is 22.5. The molecular weight excluding hydrogens is 483 g/mol. The predicted molar refractivity (Wildman–Crippen MR) is 145 cm³/mol. The van der Waals surface area contributed by atoms with Gasteiger partial charge in [0.05, 0.1) is 5.39 Å². The molecule has 0 saturated carbocycles. The fraction of sp³-hybridized carbons (Fsp3) is 0.345. The molecular formula is C29H29FN6O2. The fourth-order valence-corrected chi connectivity index (χ4v) is 5.97. The number of halogens is 1. The van der Waals surface area contributed by atoms with Crippen LogP contribution < -0.4 is 15.0 Å². The maximum absolute atomic E-state index is 16.4. The van der Waals surface area contributed by atoms with Crippen molar-refractivity contribution in [3.8, 4) is 23.0 Å². The second kappa shape index (κ2) is 9.18. The maximum Gasteiger partial charge on any atom is 0.319 e. The van der Waals surface area contributed by atoms with Gasteiger partial charge in [-0.1, -0.05) is 36.4 Å². The van der Waals surface area contributed by atoms with Crippen LogP contribution in [0.4, 0.5) is 10.2 Å². The number of pyridine rings is 1. The molecule has 3 aliphatic heterocycles. The first-order chi connectivity index (χ1) is 18.5. The quantitative estimate of drug-likeness (QED) is 0.390. The maximum atomic E-state index is 16.4. The molecule has 0 spiro atoms. The van der Waals surface area contributed by atoms with E-state index in [1.807, 2.05) is 24.3 Å². The SMILES string of the molecule is CN1CCCC1COc1nc(N2C[C@H]3C=C[C@@H](C2)N3)c2cnc(-c3cc(O)cc4ccccc34)c(F)c2n1. The minimum absolute atomic E-state index is 0.0527. The van der Waals surface area contributed by atoms with Crippen LogP contribution in [0.1, 0.15) is 12.8 Å². The number of anilines is 1. The number of hydrogen-bond acceptors (Lipinski definition) is 8. The number of rotatable bonds is 5. The average Bonchev–Trinajstić information content (AvgIpc) is 3.50. The number of phenolic OH excluding ortho intramolecular Hbond substituents is 1. The molecule has 2 saturated heterocycles. The molecule has 194 valence electrons. The summed E-state index contributed by atoms with van der Waals surface area (Å²) >= 11 is 0. The van der Waals surface area contributed by atoms with Crippen LogP contribution in [0.15, 0.2) is 54.7 Å². The van der Waals surface area contributed by atoms with E-state index >= 15 is 4.39 Å². The van der Waals surface area contributed by atoms with Crippen molar-refractivity contribution < 1.29 is 14.2 Å². The summed E-state index contributed by atoms with van der Waals surface area (Å²) in [5.41, 5.74) is 0.818. The number of aromatic hydroxyl groups is 1. The molecule has 2 aromatic heterocycles. The third-order valence-electron chi connectivity index (χ3n) is 7.96. The van der Waals surface area contributed by atoms with E-state index in [0.29, 0.717) is 36.5 Å². The largest absolute Gasteiger partial charge is 0.508 e. The van der Waals surface area contributed by atoms with Gasteiger partial charge in [0.15, 0.2) is 5.82 Å². The lowest BCUT2D eigenvalue weighted by Gasteiger charge is -2.34. The fourth-order valence-electron chi connectivity index (χ4n) is 5.97. The number of hydrogen-bond donors (Lipinski definition) is 2. The summed E-state index contributed by atoms with van der Waals surface area (Å²) in [6.07, 6.45) is 8.17. The minimum atomic E-state index is -0.555. The van der Waals surface area contributed by atoms with Crippen LogP contribution in [0.5, 0.6) is 11.8 Å². The summed E-state index contributed by atoms with van der Waals surface area (Å²) in [6, 6.07) is 11.7. The molecule has 38 heavy (non-hydrogen) atoms. The Hall–Kier alpha value is -3.82. The van der Waals surface area contributed by atoms with Crippen molar-refractivity contribution in [2.75, 3.05) is 38.2 Å². The molecule has 2 fully saturated rings. The summed E-state index contributed by atoms with van der Waals surface area (Å²) in [5, 5.41) is 16.1. The van der Waals surface area contributed by atoms with E-state index in [9.17, 15) is 5.11 Å². The molecule has 8 nitrogen and oxygen atoms in total. The van der Waals surface area contributed by atoms with Crippen LogP contribution >= 0.6 is 0 Å². The van der Waals surface area contributed by atoms with Crippen LogP contribution in [-0.4, -0.2) is 76.4 Å². The predicted octanol–water partition coefficient (Wildman–Crippen LogP) is 3.88. The molecule has 5 heterocycles. The molecule has 0 amide bonds. The summed E-state index contributed by atoms with van der Waals surface area (Å²) in [7, 11) is 2.09. The van der Waals surface area contributed by atoms with E-state index in [1.54, 1.807) is 18.3 Å². The Morgan fingerprint density at radius 1 is 1.11 bits per heavy atom. The molecule has 0 aliphatic carbocycles. The highest BCUT2D eigenvalue weighted by molar-refractivity contribution is 5.99. The number of fused-ring (bicyclic) bond motifs is 4. The summed E-state index contributed by atoms with van der Waals surface area (Å²) in [5.74, 6) is 0.126. The number of piperazine rings is 1. The van der Waals surface area contributed by atoms with Gasteiger partial charge in [0.2, 0.25) is 0 Å². The van der Waals surface area contributed by atoms with E-state index in [1.165, 1.54) is 0 Å². The average molecular weight is 513 g/mol. The van der Waals surface area contributed by atoms with Gasteiger partial charge in [0, 0.05) is 43.0 Å². The van der Waals surface area contributed by atoms with Crippen LogP contribution in [0, 0.1) is 5.82 Å². The number of likely N-dealkylation sites (N-methyl/N-ethyl adjacent to an activating group) is 1. The number of likely N-dealkylation sites (tertiary alicyclic amines) is 1. The van der Waals surface area contributed by atoms with E-state index in [4.69, 9.17) is 9.72 Å². The highest BCUT2D eigenvalue weighted by atomic mass is 19.1. The molecule has 2 N–H and O–H groups in total. The van der Waals surface area contributed by atoms with Crippen molar-refractivity contribution in [3.63, 3.8) is 0 Å². The van der Waals surface area contributed by atoms with E-state index in [-0.39, 0.29) is 41.1 Å². The molecule has 1 unspecified atom stereocenters. The standard InChI is InChI=1S/C29H29FN6O2/c1-35-10-4-6-20(35)16-38-29-33-27-24(28(34-29)36-14-18-8-9-19(15-36)32-18)13-31-26(25(27)30)23-12-21(37)11-17-5-2-3-7-22(17)23/h2-3,5,7-9,11-13,18-20,32,37H,4,6,10,14-16H2,1H3/t18-,19+,20?. The van der Waals surface area contributed by atoms with Crippen molar-refractivity contribution in [2.45, 2.75) is 31.0 Å². The van der Waals surface area contributed by atoms with Gasteiger partial charge in [-0.2, -0.15) is 9.97 Å². The molecule has 4 aromatic rings. The van der Waals surface area contributed by atoms with E-state index in [0.717, 1.165) is 30.2 Å². The normalized spacial score (nSPS) is 23.1. The Morgan fingerprint density at radius 3 is 2.71 bits per heavy atom. The smallest absolute Gasteiger partial charge is 0.319 e. The lowest BCUT2D eigenvalue weighted by molar-refractivity contribution is 0.188. The first-order valence-electron chi connectivity index (χ1n) is 13.1. The zero-order valence-corrected chi connectivity index (χ0v) is 21.1. The molecule has 7 rings (SSSR count). The van der Waals surface area contributed by atoms with Crippen molar-refractivity contribution in [1.82, 2.24) is 25.2 Å². The van der Waals surface area contributed by atoms with Gasteiger partial charge < -0.3 is 25.0 Å². The van der Waals surface area contributed by atoms with E-state index in [2.05, 4.69) is 44.3 Å². The molecule has 2 aromatic carbocycles. The summed E-state index contributed by atoms with van der Waals surface area (Å²) in [4.78, 5) is 18.3. The van der Waals surface area contributed by atoms with Gasteiger partial charge in [-0.05, 0) is 49.3 Å². The highest BCUT2D eigenvalue weighted by Crippen LogP contribution is 2.37. The number of benzene rings is 2. The molecule has 2 bridgehead atoms. The van der Waals surface area contributed by atoms with Crippen LogP contribution in [0.2, 0.25) is 0 Å². The van der Waals surface area contributed by atoms with Crippen molar-refractivity contribution >= 4 is 27.5 Å². The second-order valence-electron chi connectivity index (χ2n) is 10.5. The van der Waals surface area contributed by atoms with Crippen LogP contribution in [0.25, 0.3) is 32.9 Å². The van der Waals surface area contributed by atoms with Gasteiger partial charge in [0.1, 0.15) is 29.4 Å². The van der Waals surface area contributed by atoms with Gasteiger partial charge >= 0.3 is 6.01 Å². The van der Waals surface area contributed by atoms with Crippen LogP contribution in [0.3, 0.4) is 0 Å². The Labute approximate surface area is 219 Å². The Bertz CT molecular complexity index is 1560. The third kappa shape index (κ3) is 4.02. The van der Waals surface area contributed by atoms with Gasteiger partial charge in [-0.15, -0.1) is 0 Å². The Balaban J connectivity index is 1.36. The van der Waals surface area contributed by atoms with E-state index < -0.39 is 5.82 Å². The summed E-state index contributed by atoms with van der Waals surface area (Å²) in [6.45, 7) is 2.91. The second-order valence-corrected chi connectivity index (χ2v) is 10.5. The molecule has 0 radical (unpaired) electrons. The topological polar surface area (TPSA) is 86.6 Å². The lowest BCUT2D eigenvalue weighted by Crippen LogP contribution is -2.52.